The number of methoxy groups -OCH3 is 1. The van der Waals surface area contributed by atoms with Gasteiger partial charge in [-0.05, 0) is 74.4 Å². The molecule has 2 bridgehead atoms. The van der Waals surface area contributed by atoms with Gasteiger partial charge in [0.1, 0.15) is 23.9 Å². The highest BCUT2D eigenvalue weighted by molar-refractivity contribution is 5.99. The molecule has 0 spiro atoms. The van der Waals surface area contributed by atoms with E-state index < -0.39 is 35.8 Å². The van der Waals surface area contributed by atoms with Gasteiger partial charge >= 0.3 is 0 Å². The number of fused-ring (bicyclic) bond motifs is 18. The van der Waals surface area contributed by atoms with E-state index in [1.54, 1.807) is 78.3 Å². The van der Waals surface area contributed by atoms with Crippen molar-refractivity contribution in [2.24, 2.45) is 5.92 Å². The number of carbonyl (C=O) groups is 5. The van der Waals surface area contributed by atoms with Crippen LogP contribution in [0.5, 0.6) is 5.75 Å². The van der Waals surface area contributed by atoms with Gasteiger partial charge in [-0.3, -0.25) is 28.7 Å². The Balaban J connectivity index is 1.61. The lowest BCUT2D eigenvalue weighted by Crippen LogP contribution is -2.58. The fourth-order valence-corrected chi connectivity index (χ4v) is 6.04. The molecule has 2 aliphatic heterocycles. The molecule has 5 rings (SSSR count). The van der Waals surface area contributed by atoms with Crippen molar-refractivity contribution in [2.75, 3.05) is 20.2 Å². The van der Waals surface area contributed by atoms with Crippen LogP contribution in [0.25, 0.3) is 0 Å². The Labute approximate surface area is 306 Å². The monoisotopic (exact) mass is 715 g/mol. The second kappa shape index (κ2) is 18.9. The Morgan fingerprint density at radius 1 is 0.942 bits per heavy atom. The van der Waals surface area contributed by atoms with Crippen molar-refractivity contribution in [1.82, 2.24) is 35.9 Å². The first-order chi connectivity index (χ1) is 24.9. The summed E-state index contributed by atoms with van der Waals surface area (Å²) >= 11 is 0. The third kappa shape index (κ3) is 10.7. The van der Waals surface area contributed by atoms with Crippen LogP contribution in [-0.2, 0) is 33.9 Å². The minimum absolute atomic E-state index is 0.146. The normalized spacial score (nSPS) is 20.2. The number of hydrogen-bond acceptors (Lipinski definition) is 7. The number of nitrogens with one attached hydrogen (secondary N) is 4. The van der Waals surface area contributed by atoms with Gasteiger partial charge < -0.3 is 30.9 Å². The summed E-state index contributed by atoms with van der Waals surface area (Å²) in [4.78, 5) is 69.7. The number of aromatic nitrogens is 2. The molecule has 4 atom stereocenters. The first-order valence-electron chi connectivity index (χ1n) is 18.2. The largest absolute Gasteiger partial charge is 0.497 e. The zero-order valence-corrected chi connectivity index (χ0v) is 31.2. The zero-order valence-electron chi connectivity index (χ0n) is 31.2. The lowest BCUT2D eigenvalue weighted by molar-refractivity contribution is -0.132. The van der Waals surface area contributed by atoms with Gasteiger partial charge in [0.15, 0.2) is 0 Å². The SMILES string of the molecule is CCCn1cc(C(=O)N2CCCCNC(=O)[C@@H](C)NC(=O)[C@H](Cc3ccc(OC)cc3)NC(=O)C([C@@H](C)CC)NC(=O)c3ccc(cc3)C2)c(C)n1. The summed E-state index contributed by atoms with van der Waals surface area (Å²) in [7, 11) is 1.56. The van der Waals surface area contributed by atoms with Crippen LogP contribution in [-0.4, -0.2) is 82.5 Å². The van der Waals surface area contributed by atoms with Gasteiger partial charge in [-0.1, -0.05) is 51.5 Å². The Bertz CT molecular complexity index is 1690. The molecule has 0 radical (unpaired) electrons. The second-order valence-corrected chi connectivity index (χ2v) is 13.5. The average Bonchev–Trinajstić information content (AvgIpc) is 3.51. The molecule has 52 heavy (non-hydrogen) atoms. The molecule has 280 valence electrons. The highest BCUT2D eigenvalue weighted by Crippen LogP contribution is 2.17. The Morgan fingerprint density at radius 2 is 1.65 bits per heavy atom. The third-order valence-electron chi connectivity index (χ3n) is 9.43. The van der Waals surface area contributed by atoms with E-state index in [-0.39, 0.29) is 24.2 Å². The topological polar surface area (TPSA) is 164 Å². The molecular weight excluding hydrogens is 662 g/mol. The van der Waals surface area contributed by atoms with Crippen LogP contribution < -0.4 is 26.0 Å². The molecule has 4 N–H and O–H groups in total. The van der Waals surface area contributed by atoms with Gasteiger partial charge in [0.2, 0.25) is 17.7 Å². The van der Waals surface area contributed by atoms with E-state index in [0.29, 0.717) is 68.0 Å². The quantitative estimate of drug-likeness (QED) is 0.259. The summed E-state index contributed by atoms with van der Waals surface area (Å²) in [6.07, 6.45) is 4.62. The number of rotatable bonds is 8. The summed E-state index contributed by atoms with van der Waals surface area (Å²) in [6.45, 7) is 11.0. The van der Waals surface area contributed by atoms with Crippen LogP contribution in [0.15, 0.2) is 54.7 Å². The molecule has 3 heterocycles. The smallest absolute Gasteiger partial charge is 0.257 e. The number of benzene rings is 2. The van der Waals surface area contributed by atoms with Crippen molar-refractivity contribution < 1.29 is 28.7 Å². The molecule has 0 saturated heterocycles. The van der Waals surface area contributed by atoms with Crippen LogP contribution in [0.3, 0.4) is 0 Å². The molecule has 0 aliphatic carbocycles. The summed E-state index contributed by atoms with van der Waals surface area (Å²) in [6, 6.07) is 11.3. The summed E-state index contributed by atoms with van der Waals surface area (Å²) in [5.74, 6) is -1.61. The van der Waals surface area contributed by atoms with E-state index in [0.717, 1.165) is 17.5 Å². The molecule has 3 aromatic rings. The molecule has 0 fully saturated rings. The number of amides is 5. The molecule has 5 amide bonds. The van der Waals surface area contributed by atoms with Gasteiger partial charge in [0, 0.05) is 44.4 Å². The minimum atomic E-state index is -1.03. The maximum absolute atomic E-state index is 13.9. The predicted molar refractivity (Wildman–Crippen MR) is 198 cm³/mol. The van der Waals surface area contributed by atoms with Crippen LogP contribution in [0.1, 0.15) is 90.9 Å². The summed E-state index contributed by atoms with van der Waals surface area (Å²) < 4.78 is 7.05. The van der Waals surface area contributed by atoms with Crippen LogP contribution in [0, 0.1) is 12.8 Å². The van der Waals surface area contributed by atoms with Crippen molar-refractivity contribution in [3.63, 3.8) is 0 Å². The number of aryl methyl sites for hydroxylation is 2. The lowest BCUT2D eigenvalue weighted by atomic mass is 9.96. The van der Waals surface area contributed by atoms with Crippen LogP contribution in [0.2, 0.25) is 0 Å². The van der Waals surface area contributed by atoms with Crippen LogP contribution >= 0.6 is 0 Å². The highest BCUT2D eigenvalue weighted by Gasteiger charge is 2.31. The fraction of sp³-hybridized carbons (Fsp3) is 0.487. The number of ether oxygens (including phenoxy) is 1. The molecule has 2 aromatic carbocycles. The minimum Gasteiger partial charge on any atom is -0.497 e. The fourth-order valence-electron chi connectivity index (χ4n) is 6.04. The van der Waals surface area contributed by atoms with Gasteiger partial charge in [-0.15, -0.1) is 0 Å². The molecule has 1 unspecified atom stereocenters. The van der Waals surface area contributed by atoms with Crippen LogP contribution in [0.4, 0.5) is 0 Å². The van der Waals surface area contributed by atoms with E-state index in [2.05, 4.69) is 33.3 Å². The van der Waals surface area contributed by atoms with Crippen molar-refractivity contribution in [3.8, 4) is 5.75 Å². The van der Waals surface area contributed by atoms with Gasteiger partial charge in [0.25, 0.3) is 11.8 Å². The average molecular weight is 716 g/mol. The predicted octanol–water partition coefficient (Wildman–Crippen LogP) is 3.54. The van der Waals surface area contributed by atoms with Crippen molar-refractivity contribution >= 4 is 29.5 Å². The number of hydrogen-bond donors (Lipinski definition) is 4. The van der Waals surface area contributed by atoms with E-state index in [4.69, 9.17) is 4.74 Å². The molecule has 0 saturated carbocycles. The number of carbonyl (C=O) groups excluding carboxylic acids is 5. The molecule has 13 heteroatoms. The first kappa shape index (κ1) is 39.6. The third-order valence-corrected chi connectivity index (χ3v) is 9.43. The van der Waals surface area contributed by atoms with Gasteiger partial charge in [-0.2, -0.15) is 5.10 Å². The molecule has 1 aromatic heterocycles. The summed E-state index contributed by atoms with van der Waals surface area (Å²) in [5, 5.41) is 15.9. The zero-order chi connectivity index (χ0) is 37.8. The molecule has 2 aliphatic rings. The Kier molecular flexibility index (Phi) is 14.4. The van der Waals surface area contributed by atoms with Crippen molar-refractivity contribution in [3.05, 3.63) is 82.7 Å². The van der Waals surface area contributed by atoms with Gasteiger partial charge in [0.05, 0.1) is 18.4 Å². The highest BCUT2D eigenvalue weighted by atomic mass is 16.5. The van der Waals surface area contributed by atoms with Gasteiger partial charge in [-0.25, -0.2) is 0 Å². The molecular formula is C39H53N7O6. The second-order valence-electron chi connectivity index (χ2n) is 13.5. The Morgan fingerprint density at radius 3 is 2.31 bits per heavy atom. The lowest BCUT2D eigenvalue weighted by Gasteiger charge is -2.27. The maximum Gasteiger partial charge on any atom is 0.257 e. The first-order valence-corrected chi connectivity index (χ1v) is 18.2. The molecule has 13 nitrogen and oxygen atoms in total. The van der Waals surface area contributed by atoms with E-state index >= 15 is 0 Å². The standard InChI is InChI=1S/C39H53N7O6/c1-7-20-46-24-32(26(4)44-46)39(51)45-21-10-9-19-40-35(47)27(5)41-37(49)33(22-28-13-17-31(52-6)18-14-28)42-38(50)34(25(3)8-2)43-36(48)30-15-11-29(23-45)12-16-30/h11-18,24-25,27,33-34H,7-10,19-23H2,1-6H3,(H,40,47)(H,41,49)(H,42,50)(H,43,48)/t25-,27+,33-,34?/m0/s1. The van der Waals surface area contributed by atoms with Crippen molar-refractivity contribution in [1.29, 1.82) is 0 Å². The van der Waals surface area contributed by atoms with E-state index in [1.165, 1.54) is 0 Å². The van der Waals surface area contributed by atoms with Crippen molar-refractivity contribution in [2.45, 2.75) is 97.9 Å². The van der Waals surface area contributed by atoms with E-state index in [1.807, 2.05) is 20.8 Å². The maximum atomic E-state index is 13.9. The number of nitrogens with zero attached hydrogens (tertiary/aromatic N) is 3. The van der Waals surface area contributed by atoms with E-state index in [9.17, 15) is 24.0 Å². The summed E-state index contributed by atoms with van der Waals surface area (Å²) in [5.41, 5.74) is 3.15. The Hall–Kier alpha value is -5.20.